The first kappa shape index (κ1) is 19.5. The molecule has 28 heavy (non-hydrogen) atoms. The van der Waals surface area contributed by atoms with Crippen molar-refractivity contribution in [2.75, 3.05) is 19.5 Å². The second-order valence-corrected chi connectivity index (χ2v) is 6.98. The molecule has 3 rings (SSSR count). The van der Waals surface area contributed by atoms with Gasteiger partial charge < -0.3 is 14.5 Å². The maximum absolute atomic E-state index is 12.3. The predicted molar refractivity (Wildman–Crippen MR) is 109 cm³/mol. The summed E-state index contributed by atoms with van der Waals surface area (Å²) in [5.41, 5.74) is 1.65. The second-order valence-electron chi connectivity index (χ2n) is 5.90. The highest BCUT2D eigenvalue weighted by Gasteiger charge is 2.14. The van der Waals surface area contributed by atoms with Crippen LogP contribution in [0.5, 0.6) is 11.5 Å². The number of methoxy groups -OCH3 is 1. The van der Waals surface area contributed by atoms with Gasteiger partial charge in [-0.2, -0.15) is 5.26 Å². The Morgan fingerprint density at radius 3 is 2.61 bits per heavy atom. The number of aromatic amines is 1. The average Bonchev–Trinajstić information content (AvgIpc) is 2.72. The van der Waals surface area contributed by atoms with Crippen LogP contribution in [0, 0.1) is 18.3 Å². The first-order valence-electron chi connectivity index (χ1n) is 8.62. The zero-order valence-electron chi connectivity index (χ0n) is 15.6. The van der Waals surface area contributed by atoms with Crippen molar-refractivity contribution in [3.8, 4) is 28.8 Å². The van der Waals surface area contributed by atoms with Crippen molar-refractivity contribution in [1.29, 1.82) is 5.26 Å². The van der Waals surface area contributed by atoms with E-state index in [0.717, 1.165) is 11.3 Å². The third kappa shape index (κ3) is 4.53. The Kier molecular flexibility index (Phi) is 6.35. The monoisotopic (exact) mass is 393 g/mol. The van der Waals surface area contributed by atoms with Gasteiger partial charge >= 0.3 is 0 Å². The molecule has 0 aliphatic carbocycles. The van der Waals surface area contributed by atoms with Crippen LogP contribution in [0.15, 0.2) is 58.5 Å². The standard InChI is InChI=1S/C21H19N3O3S/c1-14-5-3-4-6-18(14)27-11-12-28-21-23-19(17(13-22)20(25)24-21)15-7-9-16(26-2)10-8-15/h3-10H,11-12H2,1-2H3,(H,23,24,25). The minimum Gasteiger partial charge on any atom is -0.497 e. The number of hydrogen-bond acceptors (Lipinski definition) is 6. The summed E-state index contributed by atoms with van der Waals surface area (Å²) in [4.78, 5) is 19.4. The van der Waals surface area contributed by atoms with Crippen LogP contribution in [0.25, 0.3) is 11.3 Å². The van der Waals surface area contributed by atoms with Gasteiger partial charge in [-0.15, -0.1) is 0 Å². The lowest BCUT2D eigenvalue weighted by Crippen LogP contribution is -2.15. The number of nitrogens with one attached hydrogen (secondary N) is 1. The summed E-state index contributed by atoms with van der Waals surface area (Å²) in [5.74, 6) is 2.13. The molecule has 3 aromatic rings. The summed E-state index contributed by atoms with van der Waals surface area (Å²) in [6.07, 6.45) is 0. The van der Waals surface area contributed by atoms with E-state index in [9.17, 15) is 10.1 Å². The zero-order valence-corrected chi connectivity index (χ0v) is 16.4. The molecule has 1 heterocycles. The molecule has 0 spiro atoms. The Bertz CT molecular complexity index is 1060. The van der Waals surface area contributed by atoms with Crippen molar-refractivity contribution in [2.24, 2.45) is 0 Å². The summed E-state index contributed by atoms with van der Waals surface area (Å²) in [5, 5.41) is 9.80. The molecule has 0 atom stereocenters. The highest BCUT2D eigenvalue weighted by atomic mass is 32.2. The van der Waals surface area contributed by atoms with Gasteiger partial charge in [0.15, 0.2) is 5.16 Å². The molecule has 0 radical (unpaired) electrons. The Labute approximate surface area is 167 Å². The molecule has 0 saturated heterocycles. The summed E-state index contributed by atoms with van der Waals surface area (Å²) < 4.78 is 10.9. The third-order valence-corrected chi connectivity index (χ3v) is 4.88. The molecule has 142 valence electrons. The predicted octanol–water partition coefficient (Wildman–Crippen LogP) is 3.80. The van der Waals surface area contributed by atoms with Crippen molar-refractivity contribution < 1.29 is 9.47 Å². The van der Waals surface area contributed by atoms with Gasteiger partial charge in [-0.25, -0.2) is 4.98 Å². The molecule has 0 saturated carbocycles. The molecule has 0 aliphatic rings. The molecule has 0 fully saturated rings. The van der Waals surface area contributed by atoms with Crippen LogP contribution in [-0.4, -0.2) is 29.4 Å². The molecule has 0 amide bonds. The summed E-state index contributed by atoms with van der Waals surface area (Å²) >= 11 is 1.37. The topological polar surface area (TPSA) is 88.0 Å². The number of aromatic nitrogens is 2. The van der Waals surface area contributed by atoms with Crippen LogP contribution in [0.1, 0.15) is 11.1 Å². The Balaban J connectivity index is 1.75. The fraction of sp³-hybridized carbons (Fsp3) is 0.190. The summed E-state index contributed by atoms with van der Waals surface area (Å²) in [7, 11) is 1.58. The maximum Gasteiger partial charge on any atom is 0.270 e. The van der Waals surface area contributed by atoms with Crippen molar-refractivity contribution in [3.63, 3.8) is 0 Å². The van der Waals surface area contributed by atoms with E-state index < -0.39 is 5.56 Å². The molecule has 2 aromatic carbocycles. The first-order chi connectivity index (χ1) is 13.6. The van der Waals surface area contributed by atoms with Gasteiger partial charge in [-0.05, 0) is 42.8 Å². The fourth-order valence-corrected chi connectivity index (χ4v) is 3.27. The molecule has 0 bridgehead atoms. The number of para-hydroxylation sites is 1. The zero-order chi connectivity index (χ0) is 19.9. The SMILES string of the molecule is COc1ccc(-c2nc(SCCOc3ccccc3C)[nH]c(=O)c2C#N)cc1. The van der Waals surface area contributed by atoms with Gasteiger partial charge in [0, 0.05) is 11.3 Å². The number of hydrogen-bond donors (Lipinski definition) is 1. The van der Waals surface area contributed by atoms with Gasteiger partial charge in [0.2, 0.25) is 0 Å². The van der Waals surface area contributed by atoms with E-state index >= 15 is 0 Å². The number of thioether (sulfide) groups is 1. The highest BCUT2D eigenvalue weighted by Crippen LogP contribution is 2.24. The van der Waals surface area contributed by atoms with Crippen LogP contribution in [0.4, 0.5) is 0 Å². The van der Waals surface area contributed by atoms with E-state index in [1.807, 2.05) is 37.3 Å². The van der Waals surface area contributed by atoms with Gasteiger partial charge in [0.05, 0.1) is 19.4 Å². The normalized spacial score (nSPS) is 10.3. The summed E-state index contributed by atoms with van der Waals surface area (Å²) in [6.45, 7) is 2.46. The molecule has 1 N–H and O–H groups in total. The van der Waals surface area contributed by atoms with Crippen LogP contribution < -0.4 is 15.0 Å². The Hall–Kier alpha value is -3.24. The minimum atomic E-state index is -0.453. The number of nitriles is 1. The lowest BCUT2D eigenvalue weighted by Gasteiger charge is -2.09. The van der Waals surface area contributed by atoms with Gasteiger partial charge in [-0.3, -0.25) is 4.79 Å². The summed E-state index contributed by atoms with van der Waals surface area (Å²) in [6, 6.07) is 16.8. The molecule has 1 aromatic heterocycles. The number of benzene rings is 2. The number of ether oxygens (including phenoxy) is 2. The van der Waals surface area contributed by atoms with Gasteiger partial charge in [0.25, 0.3) is 5.56 Å². The largest absolute Gasteiger partial charge is 0.497 e. The lowest BCUT2D eigenvalue weighted by molar-refractivity contribution is 0.341. The molecule has 0 aliphatic heterocycles. The lowest BCUT2D eigenvalue weighted by atomic mass is 10.1. The number of nitrogens with zero attached hydrogens (tertiary/aromatic N) is 2. The molecule has 7 heteroatoms. The third-order valence-electron chi connectivity index (χ3n) is 4.05. The second kappa shape index (κ2) is 9.11. The molecular formula is C21H19N3O3S. The quantitative estimate of drug-likeness (QED) is 0.373. The van der Waals surface area contributed by atoms with Crippen LogP contribution in [0.2, 0.25) is 0 Å². The van der Waals surface area contributed by atoms with E-state index in [2.05, 4.69) is 9.97 Å². The number of H-pyrrole nitrogens is 1. The van der Waals surface area contributed by atoms with Crippen molar-refractivity contribution in [2.45, 2.75) is 12.1 Å². The van der Waals surface area contributed by atoms with E-state index in [-0.39, 0.29) is 5.56 Å². The Morgan fingerprint density at radius 1 is 1.18 bits per heavy atom. The van der Waals surface area contributed by atoms with Crippen molar-refractivity contribution in [3.05, 3.63) is 70.0 Å². The minimum absolute atomic E-state index is 0.00863. The van der Waals surface area contributed by atoms with E-state index in [4.69, 9.17) is 9.47 Å². The smallest absolute Gasteiger partial charge is 0.270 e. The van der Waals surface area contributed by atoms with Crippen molar-refractivity contribution >= 4 is 11.8 Å². The molecular weight excluding hydrogens is 374 g/mol. The van der Waals surface area contributed by atoms with Gasteiger partial charge in [-0.1, -0.05) is 30.0 Å². The van der Waals surface area contributed by atoms with Crippen molar-refractivity contribution in [1.82, 2.24) is 9.97 Å². The van der Waals surface area contributed by atoms with E-state index in [0.29, 0.717) is 34.5 Å². The van der Waals surface area contributed by atoms with Crippen LogP contribution in [-0.2, 0) is 0 Å². The first-order valence-corrected chi connectivity index (χ1v) is 9.61. The Morgan fingerprint density at radius 2 is 1.93 bits per heavy atom. The van der Waals surface area contributed by atoms with E-state index in [1.54, 1.807) is 31.4 Å². The number of aryl methyl sites for hydroxylation is 1. The average molecular weight is 393 g/mol. The molecule has 0 unspecified atom stereocenters. The number of rotatable bonds is 7. The van der Waals surface area contributed by atoms with Crippen LogP contribution in [0.3, 0.4) is 0 Å². The fourth-order valence-electron chi connectivity index (χ4n) is 2.59. The molecule has 6 nitrogen and oxygen atoms in total. The van der Waals surface area contributed by atoms with Crippen LogP contribution >= 0.6 is 11.8 Å². The highest BCUT2D eigenvalue weighted by molar-refractivity contribution is 7.99. The van der Waals surface area contributed by atoms with Gasteiger partial charge in [0.1, 0.15) is 23.1 Å². The van der Waals surface area contributed by atoms with E-state index in [1.165, 1.54) is 11.8 Å². The maximum atomic E-state index is 12.3.